The van der Waals surface area contributed by atoms with Crippen LogP contribution in [0.2, 0.25) is 0 Å². The maximum atomic E-state index is 13.5. The van der Waals surface area contributed by atoms with Crippen LogP contribution in [0.1, 0.15) is 5.69 Å². The predicted molar refractivity (Wildman–Crippen MR) is 135 cm³/mol. The van der Waals surface area contributed by atoms with Crippen LogP contribution >= 0.6 is 0 Å². The molecule has 11 heteroatoms. The van der Waals surface area contributed by atoms with E-state index < -0.39 is 10.0 Å². The molecule has 2 heterocycles. The summed E-state index contributed by atoms with van der Waals surface area (Å²) in [5.41, 5.74) is 7.96. The standard InChI is InChI=1S/C24H24N8O2S/c1-30(2)22-7-3-6-21-20(22)5-4-8-23(21)35(33,34)32-15-19(28-17-32)11-14-31(16-25)24(26)29-18-9-12-27-13-10-18/h3-10,12-13,15,17H,11,14H2,1-2H3,(H2,26,27,29). The van der Waals surface area contributed by atoms with E-state index in [9.17, 15) is 13.7 Å². The normalized spacial score (nSPS) is 11.9. The third kappa shape index (κ3) is 4.92. The second-order valence-electron chi connectivity index (χ2n) is 7.90. The molecule has 0 amide bonds. The molecule has 0 spiro atoms. The van der Waals surface area contributed by atoms with E-state index in [4.69, 9.17) is 5.73 Å². The lowest BCUT2D eigenvalue weighted by atomic mass is 10.1. The quantitative estimate of drug-likeness (QED) is 0.182. The van der Waals surface area contributed by atoms with Gasteiger partial charge in [0.25, 0.3) is 10.0 Å². The SMILES string of the molecule is CN(C)c1cccc2c(S(=O)(=O)n3cnc(CCN(C#N)C(N)=Nc4ccncc4)c3)cccc12. The van der Waals surface area contributed by atoms with Gasteiger partial charge in [-0.3, -0.25) is 4.98 Å². The van der Waals surface area contributed by atoms with Gasteiger partial charge in [-0.1, -0.05) is 24.3 Å². The molecule has 0 bridgehead atoms. The number of fused-ring (bicyclic) bond motifs is 1. The Morgan fingerprint density at radius 2 is 1.83 bits per heavy atom. The molecule has 2 N–H and O–H groups in total. The molecule has 35 heavy (non-hydrogen) atoms. The van der Waals surface area contributed by atoms with Crippen LogP contribution in [0, 0.1) is 11.5 Å². The van der Waals surface area contributed by atoms with E-state index in [2.05, 4.69) is 15.0 Å². The number of rotatable bonds is 7. The average Bonchev–Trinajstić information content (AvgIpc) is 3.34. The van der Waals surface area contributed by atoms with Crippen molar-refractivity contribution in [1.29, 1.82) is 5.26 Å². The van der Waals surface area contributed by atoms with Gasteiger partial charge in [0.15, 0.2) is 6.19 Å². The van der Waals surface area contributed by atoms with Gasteiger partial charge in [0.1, 0.15) is 6.33 Å². The van der Waals surface area contributed by atoms with Crippen LogP contribution in [0.4, 0.5) is 11.4 Å². The van der Waals surface area contributed by atoms with E-state index in [1.807, 2.05) is 43.4 Å². The predicted octanol–water partition coefficient (Wildman–Crippen LogP) is 2.71. The molecule has 0 aliphatic heterocycles. The Hall–Kier alpha value is -4.43. The highest BCUT2D eigenvalue weighted by Gasteiger charge is 2.21. The number of aliphatic imine (C=N–C) groups is 1. The molecule has 178 valence electrons. The zero-order valence-electron chi connectivity index (χ0n) is 19.3. The summed E-state index contributed by atoms with van der Waals surface area (Å²) in [6.45, 7) is 0.189. The molecule has 0 saturated carbocycles. The maximum Gasteiger partial charge on any atom is 0.269 e. The zero-order chi connectivity index (χ0) is 25.0. The van der Waals surface area contributed by atoms with Gasteiger partial charge < -0.3 is 10.6 Å². The molecule has 0 atom stereocenters. The molecule has 0 fully saturated rings. The van der Waals surface area contributed by atoms with Crippen LogP contribution in [0.3, 0.4) is 0 Å². The van der Waals surface area contributed by atoms with Crippen molar-refractivity contribution in [1.82, 2.24) is 18.8 Å². The van der Waals surface area contributed by atoms with Crippen LogP contribution in [0.5, 0.6) is 0 Å². The molecule has 4 rings (SSSR count). The van der Waals surface area contributed by atoms with Gasteiger partial charge in [-0.15, -0.1) is 0 Å². The number of nitrogens with two attached hydrogens (primary N) is 1. The molecule has 10 nitrogen and oxygen atoms in total. The molecule has 0 aliphatic rings. The number of pyridine rings is 1. The second kappa shape index (κ2) is 9.82. The third-order valence-electron chi connectivity index (χ3n) is 5.41. The van der Waals surface area contributed by atoms with Crippen LogP contribution < -0.4 is 10.6 Å². The smallest absolute Gasteiger partial charge is 0.269 e. The molecular weight excluding hydrogens is 464 g/mol. The fourth-order valence-electron chi connectivity index (χ4n) is 3.65. The van der Waals surface area contributed by atoms with Crippen LogP contribution in [-0.4, -0.2) is 53.9 Å². The number of hydrogen-bond donors (Lipinski definition) is 1. The number of hydrogen-bond acceptors (Lipinski definition) is 7. The molecule has 0 radical (unpaired) electrons. The fraction of sp³-hybridized carbons (Fsp3) is 0.167. The molecule has 0 unspecified atom stereocenters. The highest BCUT2D eigenvalue weighted by molar-refractivity contribution is 7.90. The highest BCUT2D eigenvalue weighted by atomic mass is 32.2. The van der Waals surface area contributed by atoms with Gasteiger partial charge in [-0.2, -0.15) is 5.26 Å². The summed E-state index contributed by atoms with van der Waals surface area (Å²) in [4.78, 5) is 15.7. The number of nitrogens with zero attached hydrogens (tertiary/aromatic N) is 7. The lowest BCUT2D eigenvalue weighted by molar-refractivity contribution is 0.565. The first-order chi connectivity index (χ1) is 16.8. The average molecular weight is 489 g/mol. The number of aromatic nitrogens is 3. The Balaban J connectivity index is 1.56. The Morgan fingerprint density at radius 3 is 2.54 bits per heavy atom. The number of benzene rings is 2. The van der Waals surface area contributed by atoms with E-state index in [0.717, 1.165) is 15.0 Å². The molecule has 2 aromatic heterocycles. The van der Waals surface area contributed by atoms with E-state index in [1.165, 1.54) is 17.4 Å². The minimum Gasteiger partial charge on any atom is -0.377 e. The molecule has 0 aliphatic carbocycles. The van der Waals surface area contributed by atoms with Crippen LogP contribution in [0.15, 0.2) is 83.3 Å². The van der Waals surface area contributed by atoms with Crippen molar-refractivity contribution in [2.24, 2.45) is 10.7 Å². The Labute approximate surface area is 203 Å². The molecule has 4 aromatic rings. The summed E-state index contributed by atoms with van der Waals surface area (Å²) < 4.78 is 28.0. The first kappa shape index (κ1) is 23.7. The van der Waals surface area contributed by atoms with Crippen molar-refractivity contribution in [3.8, 4) is 6.19 Å². The Kier molecular flexibility index (Phi) is 6.66. The summed E-state index contributed by atoms with van der Waals surface area (Å²) in [6, 6.07) is 14.1. The van der Waals surface area contributed by atoms with E-state index in [0.29, 0.717) is 23.2 Å². The number of guanidine groups is 1. The van der Waals surface area contributed by atoms with E-state index >= 15 is 0 Å². The molecule has 0 saturated heterocycles. The van der Waals surface area contributed by atoms with Crippen molar-refractivity contribution < 1.29 is 8.42 Å². The van der Waals surface area contributed by atoms with Gasteiger partial charge in [0.2, 0.25) is 5.96 Å². The monoisotopic (exact) mass is 488 g/mol. The summed E-state index contributed by atoms with van der Waals surface area (Å²) in [6.07, 6.45) is 8.16. The van der Waals surface area contributed by atoms with Crippen LogP contribution in [-0.2, 0) is 16.4 Å². The first-order valence-corrected chi connectivity index (χ1v) is 12.1. The van der Waals surface area contributed by atoms with Gasteiger partial charge in [0.05, 0.1) is 16.3 Å². The third-order valence-corrected chi connectivity index (χ3v) is 7.07. The Morgan fingerprint density at radius 1 is 1.11 bits per heavy atom. The zero-order valence-corrected chi connectivity index (χ0v) is 20.1. The van der Waals surface area contributed by atoms with Crippen molar-refractivity contribution in [2.75, 3.05) is 25.5 Å². The summed E-state index contributed by atoms with van der Waals surface area (Å²) >= 11 is 0. The largest absolute Gasteiger partial charge is 0.377 e. The highest BCUT2D eigenvalue weighted by Crippen LogP contribution is 2.31. The summed E-state index contributed by atoms with van der Waals surface area (Å²) in [5.74, 6) is 0.0261. The lowest BCUT2D eigenvalue weighted by Crippen LogP contribution is -2.34. The number of nitriles is 1. The lowest BCUT2D eigenvalue weighted by Gasteiger charge is -2.17. The first-order valence-electron chi connectivity index (χ1n) is 10.7. The van der Waals surface area contributed by atoms with Crippen molar-refractivity contribution in [3.05, 3.63) is 79.1 Å². The maximum absolute atomic E-state index is 13.5. The van der Waals surface area contributed by atoms with Crippen molar-refractivity contribution in [3.63, 3.8) is 0 Å². The van der Waals surface area contributed by atoms with Crippen molar-refractivity contribution in [2.45, 2.75) is 11.3 Å². The fourth-order valence-corrected chi connectivity index (χ4v) is 5.02. The minimum atomic E-state index is -3.89. The van der Waals surface area contributed by atoms with Gasteiger partial charge in [0, 0.05) is 62.1 Å². The van der Waals surface area contributed by atoms with Crippen LogP contribution in [0.25, 0.3) is 10.8 Å². The number of anilines is 1. The summed E-state index contributed by atoms with van der Waals surface area (Å²) in [5, 5.41) is 10.9. The summed E-state index contributed by atoms with van der Waals surface area (Å²) in [7, 11) is -0.0580. The molecular formula is C24H24N8O2S. The van der Waals surface area contributed by atoms with E-state index in [1.54, 1.807) is 42.7 Å². The Bertz CT molecular complexity index is 1520. The van der Waals surface area contributed by atoms with E-state index in [-0.39, 0.29) is 17.4 Å². The van der Waals surface area contributed by atoms with Crippen molar-refractivity contribution >= 4 is 38.1 Å². The minimum absolute atomic E-state index is 0.0261. The number of imidazole rings is 1. The topological polar surface area (TPSA) is 134 Å². The molecule has 2 aromatic carbocycles. The van der Waals surface area contributed by atoms with Gasteiger partial charge in [-0.05, 0) is 24.3 Å². The second-order valence-corrected chi connectivity index (χ2v) is 9.71. The van der Waals surface area contributed by atoms with Gasteiger partial charge in [-0.25, -0.2) is 27.3 Å². The van der Waals surface area contributed by atoms with Gasteiger partial charge >= 0.3 is 0 Å².